The van der Waals surface area contributed by atoms with Crippen LogP contribution in [0.1, 0.15) is 0 Å². The van der Waals surface area contributed by atoms with Crippen molar-refractivity contribution in [2.24, 2.45) is 0 Å². The van der Waals surface area contributed by atoms with E-state index in [-0.39, 0.29) is 11.5 Å². The molecular weight excluding hydrogens is 251 g/mol. The maximum Gasteiger partial charge on any atom is 0.148 e. The van der Waals surface area contributed by atoms with Gasteiger partial charge in [0.1, 0.15) is 11.6 Å². The summed E-state index contributed by atoms with van der Waals surface area (Å²) >= 11 is 0. The smallest absolute Gasteiger partial charge is 0.148 e. The lowest BCUT2D eigenvalue weighted by Crippen LogP contribution is -2.31. The fourth-order valence-corrected chi connectivity index (χ4v) is 1.73. The molecule has 108 valence electrons. The largest absolute Gasteiger partial charge is 0.495 e. The van der Waals surface area contributed by atoms with E-state index in [2.05, 4.69) is 0 Å². The first-order valence-electron chi connectivity index (χ1n) is 5.99. The summed E-state index contributed by atoms with van der Waals surface area (Å²) in [5.74, 6) is 0.0711. The molecule has 0 spiro atoms. The maximum absolute atomic E-state index is 14.0. The van der Waals surface area contributed by atoms with E-state index < -0.39 is 0 Å². The highest BCUT2D eigenvalue weighted by atomic mass is 19.1. The lowest BCUT2D eigenvalue weighted by atomic mass is 10.2. The molecule has 0 aliphatic rings. The summed E-state index contributed by atoms with van der Waals surface area (Å²) in [5, 5.41) is 0. The SMILES string of the molecule is COCCN(CCOC)c1cc(OC)c(N)cc1F. The number of methoxy groups -OCH3 is 3. The van der Waals surface area contributed by atoms with Crippen LogP contribution >= 0.6 is 0 Å². The van der Waals surface area contributed by atoms with Crippen molar-refractivity contribution in [3.8, 4) is 5.75 Å². The van der Waals surface area contributed by atoms with Crippen LogP contribution < -0.4 is 15.4 Å². The molecule has 2 N–H and O–H groups in total. The van der Waals surface area contributed by atoms with E-state index in [0.717, 1.165) is 0 Å². The van der Waals surface area contributed by atoms with Crippen LogP contribution in [0.5, 0.6) is 5.75 Å². The Kier molecular flexibility index (Phi) is 6.38. The first-order chi connectivity index (χ1) is 9.13. The van der Waals surface area contributed by atoms with Crippen LogP contribution in [0.15, 0.2) is 12.1 Å². The number of benzene rings is 1. The monoisotopic (exact) mass is 272 g/mol. The molecule has 0 aliphatic carbocycles. The molecule has 6 heteroatoms. The van der Waals surface area contributed by atoms with E-state index in [1.165, 1.54) is 13.2 Å². The molecule has 0 atom stereocenters. The minimum atomic E-state index is -0.384. The zero-order valence-electron chi connectivity index (χ0n) is 11.6. The fourth-order valence-electron chi connectivity index (χ4n) is 1.73. The first-order valence-corrected chi connectivity index (χ1v) is 5.99. The number of hydrogen-bond donors (Lipinski definition) is 1. The zero-order valence-corrected chi connectivity index (χ0v) is 11.6. The molecule has 1 aromatic rings. The predicted octanol–water partition coefficient (Wildman–Crippen LogP) is 1.52. The number of hydrogen-bond acceptors (Lipinski definition) is 5. The molecule has 0 heterocycles. The van der Waals surface area contributed by atoms with Crippen LogP contribution in [0, 0.1) is 5.82 Å². The number of ether oxygens (including phenoxy) is 3. The summed E-state index contributed by atoms with van der Waals surface area (Å²) in [6, 6.07) is 2.86. The quantitative estimate of drug-likeness (QED) is 0.727. The molecule has 0 amide bonds. The van der Waals surface area contributed by atoms with Gasteiger partial charge in [-0.1, -0.05) is 0 Å². The average Bonchev–Trinajstić information content (AvgIpc) is 2.40. The Labute approximate surface area is 113 Å². The van der Waals surface area contributed by atoms with Crippen molar-refractivity contribution in [3.63, 3.8) is 0 Å². The molecule has 0 fully saturated rings. The fraction of sp³-hybridized carbons (Fsp3) is 0.538. The van der Waals surface area contributed by atoms with Crippen LogP contribution in [0.2, 0.25) is 0 Å². The van der Waals surface area contributed by atoms with Crippen LogP contribution in [0.3, 0.4) is 0 Å². The van der Waals surface area contributed by atoms with E-state index in [1.54, 1.807) is 20.3 Å². The lowest BCUT2D eigenvalue weighted by molar-refractivity contribution is 0.190. The third-order valence-electron chi connectivity index (χ3n) is 2.77. The lowest BCUT2D eigenvalue weighted by Gasteiger charge is -2.25. The Bertz CT molecular complexity index is 394. The normalized spacial score (nSPS) is 10.5. The van der Waals surface area contributed by atoms with Gasteiger partial charge in [0.05, 0.1) is 31.7 Å². The van der Waals surface area contributed by atoms with Gasteiger partial charge in [-0.15, -0.1) is 0 Å². The van der Waals surface area contributed by atoms with Crippen molar-refractivity contribution in [1.29, 1.82) is 0 Å². The molecule has 5 nitrogen and oxygen atoms in total. The molecule has 19 heavy (non-hydrogen) atoms. The summed E-state index contributed by atoms with van der Waals surface area (Å²) in [6.45, 7) is 2.11. The molecule has 0 aromatic heterocycles. The van der Waals surface area contributed by atoms with Crippen molar-refractivity contribution in [2.45, 2.75) is 0 Å². The number of halogens is 1. The van der Waals surface area contributed by atoms with Crippen molar-refractivity contribution in [3.05, 3.63) is 17.9 Å². The highest BCUT2D eigenvalue weighted by molar-refractivity contribution is 5.63. The van der Waals surface area contributed by atoms with Crippen LogP contribution in [0.25, 0.3) is 0 Å². The van der Waals surface area contributed by atoms with Gasteiger partial charge in [-0.3, -0.25) is 0 Å². The Morgan fingerprint density at radius 1 is 1.11 bits per heavy atom. The van der Waals surface area contributed by atoms with Gasteiger partial charge in [0, 0.05) is 39.4 Å². The van der Waals surface area contributed by atoms with Gasteiger partial charge in [-0.2, -0.15) is 0 Å². The summed E-state index contributed by atoms with van der Waals surface area (Å²) in [4.78, 5) is 1.84. The van der Waals surface area contributed by atoms with Gasteiger partial charge in [0.25, 0.3) is 0 Å². The maximum atomic E-state index is 14.0. The third-order valence-corrected chi connectivity index (χ3v) is 2.77. The standard InChI is InChI=1S/C13H21FN2O3/c1-17-6-4-16(5-7-18-2)12-9-13(19-3)11(15)8-10(12)14/h8-9H,4-7,15H2,1-3H3. The molecular formula is C13H21FN2O3. The highest BCUT2D eigenvalue weighted by Crippen LogP contribution is 2.30. The second-order valence-electron chi connectivity index (χ2n) is 4.02. The van der Waals surface area contributed by atoms with Gasteiger partial charge in [0.2, 0.25) is 0 Å². The Balaban J connectivity index is 2.98. The second kappa shape index (κ2) is 7.81. The van der Waals surface area contributed by atoms with E-state index in [0.29, 0.717) is 37.7 Å². The van der Waals surface area contributed by atoms with Crippen molar-refractivity contribution in [2.75, 3.05) is 58.3 Å². The van der Waals surface area contributed by atoms with Gasteiger partial charge in [-0.25, -0.2) is 4.39 Å². The minimum Gasteiger partial charge on any atom is -0.495 e. The summed E-state index contributed by atoms with van der Waals surface area (Å²) < 4.78 is 29.2. The van der Waals surface area contributed by atoms with E-state index in [4.69, 9.17) is 19.9 Å². The summed E-state index contributed by atoms with van der Waals surface area (Å²) in [6.07, 6.45) is 0. The second-order valence-corrected chi connectivity index (χ2v) is 4.02. The van der Waals surface area contributed by atoms with E-state index in [1.807, 2.05) is 4.90 Å². The van der Waals surface area contributed by atoms with Crippen molar-refractivity contribution < 1.29 is 18.6 Å². The Morgan fingerprint density at radius 3 is 2.16 bits per heavy atom. The minimum absolute atomic E-state index is 0.280. The molecule has 0 radical (unpaired) electrons. The number of nitrogens with zero attached hydrogens (tertiary/aromatic N) is 1. The summed E-state index contributed by atoms with van der Waals surface area (Å²) in [5.41, 5.74) is 6.38. The molecule has 0 saturated carbocycles. The molecule has 0 bridgehead atoms. The molecule has 0 unspecified atom stereocenters. The molecule has 1 aromatic carbocycles. The Morgan fingerprint density at radius 2 is 1.68 bits per heavy atom. The van der Waals surface area contributed by atoms with E-state index >= 15 is 0 Å². The topological polar surface area (TPSA) is 57.0 Å². The average molecular weight is 272 g/mol. The number of nitrogen functional groups attached to an aromatic ring is 1. The predicted molar refractivity (Wildman–Crippen MR) is 73.3 cm³/mol. The number of rotatable bonds is 8. The number of nitrogens with two attached hydrogens (primary N) is 1. The van der Waals surface area contributed by atoms with E-state index in [9.17, 15) is 4.39 Å². The molecule has 1 rings (SSSR count). The highest BCUT2D eigenvalue weighted by Gasteiger charge is 2.15. The van der Waals surface area contributed by atoms with Crippen molar-refractivity contribution >= 4 is 11.4 Å². The van der Waals surface area contributed by atoms with Gasteiger partial charge in [0.15, 0.2) is 0 Å². The molecule has 0 aliphatic heterocycles. The number of anilines is 2. The van der Waals surface area contributed by atoms with Gasteiger partial charge >= 0.3 is 0 Å². The molecule has 0 saturated heterocycles. The summed E-state index contributed by atoms with van der Waals surface area (Å²) in [7, 11) is 4.71. The zero-order chi connectivity index (χ0) is 14.3. The van der Waals surface area contributed by atoms with Gasteiger partial charge in [-0.05, 0) is 0 Å². The van der Waals surface area contributed by atoms with Gasteiger partial charge < -0.3 is 24.8 Å². The first kappa shape index (κ1) is 15.5. The Hall–Kier alpha value is -1.53. The van der Waals surface area contributed by atoms with Crippen LogP contribution in [-0.2, 0) is 9.47 Å². The third kappa shape index (κ3) is 4.25. The van der Waals surface area contributed by atoms with Crippen LogP contribution in [-0.4, -0.2) is 47.6 Å². The van der Waals surface area contributed by atoms with Crippen LogP contribution in [0.4, 0.5) is 15.8 Å². The van der Waals surface area contributed by atoms with Crippen molar-refractivity contribution in [1.82, 2.24) is 0 Å².